The minimum absolute atomic E-state index is 0.553. The molecule has 1 aromatic rings. The molecule has 1 saturated carbocycles. The highest BCUT2D eigenvalue weighted by Gasteiger charge is 2.17. The predicted octanol–water partition coefficient (Wildman–Crippen LogP) is 3.79. The van der Waals surface area contributed by atoms with Crippen LogP contribution in [-0.4, -0.2) is 21.3 Å². The highest BCUT2D eigenvalue weighted by molar-refractivity contribution is 5.73. The number of hydrogen-bond donors (Lipinski definition) is 0. The van der Waals surface area contributed by atoms with E-state index in [2.05, 4.69) is 17.2 Å². The fraction of sp³-hybridized carbons (Fsp3) is 0.812. The van der Waals surface area contributed by atoms with Crippen molar-refractivity contribution in [2.24, 2.45) is 5.92 Å². The monoisotopic (exact) mass is 277 g/mol. The topological polar surface area (TPSA) is 47.8 Å². The second-order valence-electron chi connectivity index (χ2n) is 6.01. The van der Waals surface area contributed by atoms with Crippen molar-refractivity contribution in [1.82, 2.24) is 15.0 Å². The molecular weight excluding hydrogens is 250 g/mol. The van der Waals surface area contributed by atoms with Crippen LogP contribution in [0.2, 0.25) is 0 Å². The Morgan fingerprint density at radius 2 is 2.05 bits per heavy atom. The summed E-state index contributed by atoms with van der Waals surface area (Å²) < 4.78 is 1.96. The molecule has 20 heavy (non-hydrogen) atoms. The van der Waals surface area contributed by atoms with Crippen LogP contribution in [0.4, 0.5) is 0 Å². The van der Waals surface area contributed by atoms with E-state index in [1.807, 2.05) is 4.68 Å². The van der Waals surface area contributed by atoms with Gasteiger partial charge in [0.15, 0.2) is 6.29 Å². The smallest absolute Gasteiger partial charge is 0.172 e. The zero-order valence-corrected chi connectivity index (χ0v) is 12.7. The molecule has 1 aromatic heterocycles. The second-order valence-corrected chi connectivity index (χ2v) is 6.01. The Morgan fingerprint density at radius 3 is 2.75 bits per heavy atom. The van der Waals surface area contributed by atoms with Crippen molar-refractivity contribution in [3.05, 3.63) is 11.4 Å². The Labute approximate surface area is 121 Å². The number of aldehydes is 1. The van der Waals surface area contributed by atoms with Crippen LogP contribution in [0.25, 0.3) is 0 Å². The van der Waals surface area contributed by atoms with E-state index < -0.39 is 0 Å². The number of aryl methyl sites for hydroxylation is 1. The molecule has 1 heterocycles. The van der Waals surface area contributed by atoms with Crippen LogP contribution in [0.15, 0.2) is 0 Å². The maximum absolute atomic E-state index is 11.1. The van der Waals surface area contributed by atoms with Gasteiger partial charge in [0.25, 0.3) is 0 Å². The van der Waals surface area contributed by atoms with E-state index in [9.17, 15) is 4.79 Å². The Kier molecular flexibility index (Phi) is 6.22. The molecule has 0 atom stereocenters. The lowest BCUT2D eigenvalue weighted by atomic mass is 9.85. The van der Waals surface area contributed by atoms with Crippen molar-refractivity contribution in [2.75, 3.05) is 0 Å². The minimum Gasteiger partial charge on any atom is -0.296 e. The number of carbonyl (C=O) groups excluding carboxylic acids is 1. The van der Waals surface area contributed by atoms with Crippen LogP contribution >= 0.6 is 0 Å². The largest absolute Gasteiger partial charge is 0.296 e. The quantitative estimate of drug-likeness (QED) is 0.536. The molecule has 0 N–H and O–H groups in total. The lowest BCUT2D eigenvalue weighted by molar-refractivity contribution is 0.111. The Morgan fingerprint density at radius 1 is 1.25 bits per heavy atom. The van der Waals surface area contributed by atoms with E-state index in [0.29, 0.717) is 5.69 Å². The van der Waals surface area contributed by atoms with Crippen LogP contribution in [-0.2, 0) is 13.0 Å². The molecular formula is C16H27N3O. The first-order valence-electron chi connectivity index (χ1n) is 8.22. The molecule has 0 saturated heterocycles. The molecule has 2 rings (SSSR count). The van der Waals surface area contributed by atoms with E-state index in [1.165, 1.54) is 51.4 Å². The first kappa shape index (κ1) is 15.2. The van der Waals surface area contributed by atoms with Crippen molar-refractivity contribution < 1.29 is 4.79 Å². The van der Waals surface area contributed by atoms with Gasteiger partial charge in [0.1, 0.15) is 5.69 Å². The van der Waals surface area contributed by atoms with Gasteiger partial charge in [-0.15, -0.1) is 5.10 Å². The highest BCUT2D eigenvalue weighted by atomic mass is 16.1. The Bertz CT molecular complexity index is 408. The third kappa shape index (κ3) is 4.15. The summed E-state index contributed by atoms with van der Waals surface area (Å²) in [5.74, 6) is 0.835. The lowest BCUT2D eigenvalue weighted by Crippen LogP contribution is -2.11. The third-order valence-corrected chi connectivity index (χ3v) is 4.47. The van der Waals surface area contributed by atoms with Crippen LogP contribution < -0.4 is 0 Å². The Hall–Kier alpha value is -1.19. The van der Waals surface area contributed by atoms with Crippen LogP contribution in [0.5, 0.6) is 0 Å². The zero-order valence-electron chi connectivity index (χ0n) is 12.7. The summed E-state index contributed by atoms with van der Waals surface area (Å²) in [5.41, 5.74) is 1.61. The summed E-state index contributed by atoms with van der Waals surface area (Å²) in [4.78, 5) is 11.1. The predicted molar refractivity (Wildman–Crippen MR) is 79.8 cm³/mol. The zero-order chi connectivity index (χ0) is 14.2. The highest BCUT2D eigenvalue weighted by Crippen LogP contribution is 2.27. The van der Waals surface area contributed by atoms with Gasteiger partial charge in [-0.2, -0.15) is 0 Å². The molecule has 0 amide bonds. The molecule has 1 fully saturated rings. The van der Waals surface area contributed by atoms with Gasteiger partial charge in [0.2, 0.25) is 0 Å². The maximum atomic E-state index is 11.1. The van der Waals surface area contributed by atoms with Crippen molar-refractivity contribution in [2.45, 2.75) is 77.7 Å². The summed E-state index contributed by atoms with van der Waals surface area (Å²) >= 11 is 0. The molecule has 0 aromatic carbocycles. The lowest BCUT2D eigenvalue weighted by Gasteiger charge is -2.21. The van der Waals surface area contributed by atoms with E-state index in [0.717, 1.165) is 37.3 Å². The summed E-state index contributed by atoms with van der Waals surface area (Å²) in [6, 6.07) is 0. The van der Waals surface area contributed by atoms with E-state index in [1.54, 1.807) is 0 Å². The summed E-state index contributed by atoms with van der Waals surface area (Å²) in [6.07, 6.45) is 13.4. The van der Waals surface area contributed by atoms with Gasteiger partial charge in [-0.05, 0) is 25.2 Å². The summed E-state index contributed by atoms with van der Waals surface area (Å²) in [6.45, 7) is 3.09. The molecule has 1 aliphatic rings. The molecule has 1 aliphatic carbocycles. The molecule has 4 nitrogen and oxygen atoms in total. The number of rotatable bonds is 8. The first-order chi connectivity index (χ1) is 9.85. The van der Waals surface area contributed by atoms with Crippen LogP contribution in [0, 0.1) is 5.92 Å². The molecule has 0 radical (unpaired) electrons. The van der Waals surface area contributed by atoms with Crippen molar-refractivity contribution in [3.63, 3.8) is 0 Å². The van der Waals surface area contributed by atoms with Gasteiger partial charge < -0.3 is 0 Å². The maximum Gasteiger partial charge on any atom is 0.172 e. The number of carbonyl (C=O) groups is 1. The third-order valence-electron chi connectivity index (χ3n) is 4.47. The van der Waals surface area contributed by atoms with Gasteiger partial charge in [0.05, 0.1) is 5.69 Å². The van der Waals surface area contributed by atoms with E-state index in [4.69, 9.17) is 0 Å². The number of nitrogens with zero attached hydrogens (tertiary/aromatic N) is 3. The van der Waals surface area contributed by atoms with Crippen LogP contribution in [0.3, 0.4) is 0 Å². The standard InChI is InChI=1S/C16H27N3O/c1-2-3-7-12-19-16(15(13-20)17-18-19)11-10-14-8-5-4-6-9-14/h13-14H,2-12H2,1H3. The first-order valence-corrected chi connectivity index (χ1v) is 8.22. The number of hydrogen-bond acceptors (Lipinski definition) is 3. The van der Waals surface area contributed by atoms with E-state index in [-0.39, 0.29) is 0 Å². The van der Waals surface area contributed by atoms with Crippen molar-refractivity contribution in [3.8, 4) is 0 Å². The normalized spacial score (nSPS) is 16.4. The average Bonchev–Trinajstić information content (AvgIpc) is 2.88. The van der Waals surface area contributed by atoms with Gasteiger partial charge in [-0.1, -0.05) is 57.1 Å². The van der Waals surface area contributed by atoms with E-state index >= 15 is 0 Å². The van der Waals surface area contributed by atoms with Crippen molar-refractivity contribution in [1.29, 1.82) is 0 Å². The molecule has 0 unspecified atom stereocenters. The minimum atomic E-state index is 0.553. The fourth-order valence-corrected chi connectivity index (χ4v) is 3.20. The van der Waals surface area contributed by atoms with Gasteiger partial charge >= 0.3 is 0 Å². The van der Waals surface area contributed by atoms with Gasteiger partial charge in [-0.3, -0.25) is 4.79 Å². The van der Waals surface area contributed by atoms with Gasteiger partial charge in [0, 0.05) is 6.54 Å². The SMILES string of the molecule is CCCCCn1nnc(C=O)c1CCC1CCCCC1. The average molecular weight is 277 g/mol. The molecule has 0 aliphatic heterocycles. The molecule has 112 valence electrons. The van der Waals surface area contributed by atoms with Crippen molar-refractivity contribution >= 4 is 6.29 Å². The molecule has 0 spiro atoms. The summed E-state index contributed by atoms with van der Waals surface area (Å²) in [5, 5.41) is 8.18. The second kappa shape index (κ2) is 8.18. The summed E-state index contributed by atoms with van der Waals surface area (Å²) in [7, 11) is 0. The molecule has 0 bridgehead atoms. The van der Waals surface area contributed by atoms with Crippen LogP contribution in [0.1, 0.15) is 80.9 Å². The number of unbranched alkanes of at least 4 members (excludes halogenated alkanes) is 2. The fourth-order valence-electron chi connectivity index (χ4n) is 3.20. The molecule has 4 heteroatoms. The number of aromatic nitrogens is 3. The Balaban J connectivity index is 1.92. The van der Waals surface area contributed by atoms with Gasteiger partial charge in [-0.25, -0.2) is 4.68 Å².